The van der Waals surface area contributed by atoms with Crippen molar-refractivity contribution in [3.63, 3.8) is 0 Å². The average Bonchev–Trinajstić information content (AvgIpc) is 3.33. The highest BCUT2D eigenvalue weighted by Crippen LogP contribution is 2.43. The van der Waals surface area contributed by atoms with Gasteiger partial charge in [0.15, 0.2) is 0 Å². The minimum absolute atomic E-state index is 1.08. The lowest BCUT2D eigenvalue weighted by atomic mass is 9.83. The molecule has 0 radical (unpaired) electrons. The smallest absolute Gasteiger partial charge is 0.00928 e. The van der Waals surface area contributed by atoms with Crippen molar-refractivity contribution in [2.24, 2.45) is 0 Å². The third-order valence-electron chi connectivity index (χ3n) is 19.0. The number of hydrogen-bond acceptors (Lipinski definition) is 0. The number of hydrogen-bond donors (Lipinski definition) is 0. The van der Waals surface area contributed by atoms with E-state index in [9.17, 15) is 0 Å². The van der Waals surface area contributed by atoms with Crippen LogP contribution in [0.3, 0.4) is 0 Å². The monoisotopic (exact) mass is 1110 g/mol. The van der Waals surface area contributed by atoms with Crippen LogP contribution in [0, 0.1) is 13.8 Å². The van der Waals surface area contributed by atoms with E-state index in [2.05, 4.69) is 199 Å². The van der Waals surface area contributed by atoms with Gasteiger partial charge in [-0.1, -0.05) is 277 Å². The van der Waals surface area contributed by atoms with Crippen molar-refractivity contribution in [1.29, 1.82) is 0 Å². The Kier molecular flexibility index (Phi) is 22.0. The van der Waals surface area contributed by atoms with Crippen LogP contribution in [0.1, 0.15) is 215 Å². The highest BCUT2D eigenvalue weighted by Gasteiger charge is 2.20. The van der Waals surface area contributed by atoms with Crippen molar-refractivity contribution in [2.75, 3.05) is 0 Å². The zero-order valence-corrected chi connectivity index (χ0v) is 52.8. The third kappa shape index (κ3) is 15.1. The second-order valence-electron chi connectivity index (χ2n) is 25.6. The summed E-state index contributed by atoms with van der Waals surface area (Å²) in [5, 5.41) is 13.3. The molecule has 0 bridgehead atoms. The van der Waals surface area contributed by atoms with Gasteiger partial charge in [-0.15, -0.1) is 0 Å². The highest BCUT2D eigenvalue weighted by molar-refractivity contribution is 6.25. The number of aryl methyl sites for hydroxylation is 6. The van der Waals surface area contributed by atoms with Gasteiger partial charge in [0.25, 0.3) is 0 Å². The van der Waals surface area contributed by atoms with Crippen LogP contribution in [-0.2, 0) is 25.7 Å². The van der Waals surface area contributed by atoms with Gasteiger partial charge in [-0.05, 0) is 234 Å². The van der Waals surface area contributed by atoms with Crippen LogP contribution in [0.2, 0.25) is 0 Å². The molecule has 0 saturated carbocycles. The molecular formula is C84H100. The molecule has 0 fully saturated rings. The van der Waals surface area contributed by atoms with E-state index in [0.717, 1.165) is 25.7 Å². The molecular weight excluding hydrogens is 1010 g/mol. The summed E-state index contributed by atoms with van der Waals surface area (Å²) in [5.74, 6) is 0. The van der Waals surface area contributed by atoms with Gasteiger partial charge in [0, 0.05) is 0 Å². The molecule has 0 unspecified atom stereocenters. The van der Waals surface area contributed by atoms with Crippen LogP contribution < -0.4 is 0 Å². The first kappa shape index (κ1) is 60.6. The zero-order chi connectivity index (χ0) is 58.0. The van der Waals surface area contributed by atoms with E-state index in [-0.39, 0.29) is 0 Å². The summed E-state index contributed by atoms with van der Waals surface area (Å²) in [6.45, 7) is 14.0. The van der Waals surface area contributed by atoms with Gasteiger partial charge >= 0.3 is 0 Å². The highest BCUT2D eigenvalue weighted by atomic mass is 14.2. The molecule has 84 heavy (non-hydrogen) atoms. The van der Waals surface area contributed by atoms with Crippen molar-refractivity contribution >= 4 is 53.9 Å². The molecule has 0 aromatic heterocycles. The summed E-state index contributed by atoms with van der Waals surface area (Å²) in [6.07, 6.45) is 35.7. The Labute approximate surface area is 507 Å². The molecule has 0 N–H and O–H groups in total. The summed E-state index contributed by atoms with van der Waals surface area (Å²) in [5.41, 5.74) is 19.9. The van der Waals surface area contributed by atoms with E-state index < -0.39 is 0 Å². The molecule has 436 valence electrons. The fraction of sp³-hybridized carbons (Fsp3) is 0.405. The first-order valence-corrected chi connectivity index (χ1v) is 34.1. The predicted octanol–water partition coefficient (Wildman–Crippen LogP) is 26.3. The largest absolute Gasteiger partial charge is 0.0654 e. The lowest BCUT2D eigenvalue weighted by molar-refractivity contribution is 0.605. The SMILES string of the molecule is CCCCCCCCc1cc(-c2cc(-c3ccc4c5ccccc5c5ccccc5c4c3)cc(-c3cc(CCCCCCCC)c(-c4ccc5cc6cc(C)ccc6cc5c4)cc3CCCCCCCC)c2)c(CCCCCCCC)cc1C. The van der Waals surface area contributed by atoms with Crippen molar-refractivity contribution in [2.45, 2.75) is 221 Å². The zero-order valence-electron chi connectivity index (χ0n) is 52.8. The molecule has 10 aromatic carbocycles. The molecule has 0 spiro atoms. The molecule has 10 rings (SSSR count). The average molecular weight is 1110 g/mol. The minimum Gasteiger partial charge on any atom is -0.0654 e. The number of fused-ring (bicyclic) bond motifs is 8. The quantitative estimate of drug-likeness (QED) is 0.0224. The Morgan fingerprint density at radius 3 is 1.10 bits per heavy atom. The van der Waals surface area contributed by atoms with Gasteiger partial charge in [-0.25, -0.2) is 0 Å². The molecule has 10 aromatic rings. The minimum atomic E-state index is 1.08. The fourth-order valence-electron chi connectivity index (χ4n) is 14.1. The van der Waals surface area contributed by atoms with E-state index >= 15 is 0 Å². The maximum absolute atomic E-state index is 2.71. The van der Waals surface area contributed by atoms with Gasteiger partial charge in [0.1, 0.15) is 0 Å². The van der Waals surface area contributed by atoms with Crippen LogP contribution in [0.5, 0.6) is 0 Å². The first-order chi connectivity index (χ1) is 41.3. The first-order valence-electron chi connectivity index (χ1n) is 34.1. The Bertz CT molecular complexity index is 3730. The van der Waals surface area contributed by atoms with E-state index in [1.165, 1.54) is 286 Å². The van der Waals surface area contributed by atoms with Crippen molar-refractivity contribution < 1.29 is 0 Å². The van der Waals surface area contributed by atoms with Gasteiger partial charge in [0.05, 0.1) is 0 Å². The lowest BCUT2D eigenvalue weighted by Gasteiger charge is -2.21. The van der Waals surface area contributed by atoms with Crippen LogP contribution in [0.15, 0.2) is 158 Å². The van der Waals surface area contributed by atoms with E-state index in [0.29, 0.717) is 0 Å². The second kappa shape index (κ2) is 30.5. The molecule has 0 aliphatic heterocycles. The summed E-state index contributed by atoms with van der Waals surface area (Å²) in [6, 6.07) is 63.2. The molecule has 0 nitrogen and oxygen atoms in total. The molecule has 0 atom stereocenters. The van der Waals surface area contributed by atoms with Crippen molar-refractivity contribution in [3.8, 4) is 44.5 Å². The predicted molar refractivity (Wildman–Crippen MR) is 374 cm³/mol. The normalized spacial score (nSPS) is 11.8. The molecule has 0 aliphatic carbocycles. The molecule has 0 heterocycles. The van der Waals surface area contributed by atoms with Gasteiger partial charge in [0.2, 0.25) is 0 Å². The van der Waals surface area contributed by atoms with Crippen molar-refractivity contribution in [1.82, 2.24) is 0 Å². The van der Waals surface area contributed by atoms with Gasteiger partial charge in [-0.2, -0.15) is 0 Å². The Balaban J connectivity index is 1.17. The number of rotatable bonds is 32. The van der Waals surface area contributed by atoms with Crippen LogP contribution in [0.4, 0.5) is 0 Å². The van der Waals surface area contributed by atoms with Gasteiger partial charge < -0.3 is 0 Å². The Morgan fingerprint density at radius 1 is 0.226 bits per heavy atom. The van der Waals surface area contributed by atoms with E-state index in [1.807, 2.05) is 0 Å². The molecule has 0 heteroatoms. The summed E-state index contributed by atoms with van der Waals surface area (Å²) in [7, 11) is 0. The Morgan fingerprint density at radius 2 is 0.595 bits per heavy atom. The third-order valence-corrected chi connectivity index (χ3v) is 19.0. The van der Waals surface area contributed by atoms with Crippen molar-refractivity contribution in [3.05, 3.63) is 191 Å². The topological polar surface area (TPSA) is 0 Å². The van der Waals surface area contributed by atoms with Crippen LogP contribution >= 0.6 is 0 Å². The number of unbranched alkanes of at least 4 members (excludes halogenated alkanes) is 20. The molecule has 0 amide bonds. The maximum Gasteiger partial charge on any atom is -0.00928 e. The van der Waals surface area contributed by atoms with E-state index in [4.69, 9.17) is 0 Å². The maximum atomic E-state index is 2.71. The van der Waals surface area contributed by atoms with E-state index in [1.54, 1.807) is 0 Å². The Hall–Kier alpha value is -6.50. The summed E-state index contributed by atoms with van der Waals surface area (Å²) < 4.78 is 0. The lowest BCUT2D eigenvalue weighted by Crippen LogP contribution is -2.01. The molecule has 0 saturated heterocycles. The fourth-order valence-corrected chi connectivity index (χ4v) is 14.1. The van der Waals surface area contributed by atoms with Crippen LogP contribution in [0.25, 0.3) is 98.4 Å². The van der Waals surface area contributed by atoms with Crippen LogP contribution in [-0.4, -0.2) is 0 Å². The summed E-state index contributed by atoms with van der Waals surface area (Å²) >= 11 is 0. The molecule has 0 aliphatic rings. The second-order valence-corrected chi connectivity index (χ2v) is 25.6. The standard InChI is InChI=1S/C84H100/c1-7-11-15-19-23-27-35-63-57-82(67(50-62(63)6)36-28-24-20-16-12-8-2)74-54-73(66-47-48-80-78-41-32-31-39-76(78)77-40-33-34-42-79(77)84(80)58-66)55-75(56-74)83-60-68(37-29-25-21-17-13-9-3)81(59-69(83)38-30-26-22-18-14-10-4)70-46-45-65-51-71-49-61(5)43-44-64(71)52-72(65)53-70/h31-34,39-60H,7-30,35-38H2,1-6H3. The summed E-state index contributed by atoms with van der Waals surface area (Å²) in [4.78, 5) is 0. The van der Waals surface area contributed by atoms with Gasteiger partial charge in [-0.3, -0.25) is 0 Å². The number of benzene rings is 10.